The highest BCUT2D eigenvalue weighted by Gasteiger charge is 2.34. The van der Waals surface area contributed by atoms with Gasteiger partial charge in [-0.15, -0.1) is 0 Å². The van der Waals surface area contributed by atoms with Crippen molar-refractivity contribution in [3.05, 3.63) is 71.9 Å². The smallest absolute Gasteiger partial charge is 0.316 e. The summed E-state index contributed by atoms with van der Waals surface area (Å²) in [5.41, 5.74) is 3.88. The molecule has 10 nitrogen and oxygen atoms in total. The lowest BCUT2D eigenvalue weighted by molar-refractivity contribution is 0.122. The molecule has 210 valence electrons. The van der Waals surface area contributed by atoms with E-state index in [2.05, 4.69) is 65.3 Å². The van der Waals surface area contributed by atoms with Crippen LogP contribution in [-0.4, -0.2) is 54.2 Å². The topological polar surface area (TPSA) is 104 Å². The first-order chi connectivity index (χ1) is 19.3. The van der Waals surface area contributed by atoms with Crippen molar-refractivity contribution in [1.82, 2.24) is 20.6 Å². The predicted octanol–water partition coefficient (Wildman–Crippen LogP) is 4.85. The number of aryl methyl sites for hydroxylation is 1. The molecule has 40 heavy (non-hydrogen) atoms. The number of benzene rings is 2. The van der Waals surface area contributed by atoms with Crippen molar-refractivity contribution in [2.75, 3.05) is 36.2 Å². The first-order valence-corrected chi connectivity index (χ1v) is 13.7. The molecule has 2 amide bonds. The van der Waals surface area contributed by atoms with Gasteiger partial charge in [-0.25, -0.2) is 14.8 Å². The minimum atomic E-state index is -0.289. The largest absolute Gasteiger partial charge is 0.439 e. The van der Waals surface area contributed by atoms with Gasteiger partial charge in [-0.3, -0.25) is 0 Å². The van der Waals surface area contributed by atoms with Crippen LogP contribution in [0.3, 0.4) is 0 Å². The zero-order chi connectivity index (χ0) is 28.1. The third-order valence-corrected chi connectivity index (χ3v) is 6.91. The van der Waals surface area contributed by atoms with Gasteiger partial charge in [0.2, 0.25) is 11.8 Å². The van der Waals surface area contributed by atoms with E-state index in [1.54, 1.807) is 12.3 Å². The number of hydrogen-bond acceptors (Lipinski definition) is 8. The van der Waals surface area contributed by atoms with Crippen LogP contribution >= 0.6 is 0 Å². The Hall–Kier alpha value is -4.18. The lowest BCUT2D eigenvalue weighted by Crippen LogP contribution is -2.48. The number of para-hydroxylation sites is 1. The van der Waals surface area contributed by atoms with Crippen LogP contribution in [-0.2, 0) is 11.3 Å². The molecule has 1 saturated heterocycles. The van der Waals surface area contributed by atoms with E-state index in [1.165, 1.54) is 5.56 Å². The van der Waals surface area contributed by atoms with Crippen LogP contribution in [0.15, 0.2) is 65.9 Å². The zero-order valence-electron chi connectivity index (χ0n) is 23.6. The lowest BCUT2D eigenvalue weighted by Gasteiger charge is -2.26. The molecule has 2 N–H and O–H groups in total. The van der Waals surface area contributed by atoms with Gasteiger partial charge in [-0.2, -0.15) is 10.1 Å². The molecule has 3 heterocycles. The fourth-order valence-electron chi connectivity index (χ4n) is 4.56. The monoisotopic (exact) mass is 543 g/mol. The van der Waals surface area contributed by atoms with Crippen molar-refractivity contribution in [3.63, 3.8) is 0 Å². The lowest BCUT2D eigenvalue weighted by atomic mass is 9.88. The summed E-state index contributed by atoms with van der Waals surface area (Å²) in [5.74, 6) is 1.68. The number of nitrogens with one attached hydrogen (secondary N) is 2. The molecular formula is C30H37N7O3. The number of ether oxygens (including phenoxy) is 2. The summed E-state index contributed by atoms with van der Waals surface area (Å²) in [6.45, 7) is 11.5. The van der Waals surface area contributed by atoms with E-state index in [0.717, 1.165) is 30.1 Å². The van der Waals surface area contributed by atoms with Crippen molar-refractivity contribution in [3.8, 4) is 11.6 Å². The molecule has 2 aliphatic heterocycles. The molecule has 3 aromatic rings. The van der Waals surface area contributed by atoms with Crippen LogP contribution in [0.2, 0.25) is 0 Å². The Bertz CT molecular complexity index is 1350. The van der Waals surface area contributed by atoms with Crippen molar-refractivity contribution < 1.29 is 14.3 Å². The Morgan fingerprint density at radius 2 is 1.82 bits per heavy atom. The Morgan fingerprint density at radius 1 is 1.07 bits per heavy atom. The van der Waals surface area contributed by atoms with Crippen LogP contribution in [0.4, 0.5) is 16.4 Å². The Balaban J connectivity index is 1.23. The number of urea groups is 1. The quantitative estimate of drug-likeness (QED) is 0.439. The Kier molecular flexibility index (Phi) is 8.16. The van der Waals surface area contributed by atoms with Gasteiger partial charge in [0.25, 0.3) is 0 Å². The molecule has 0 radical (unpaired) electrons. The molecule has 5 rings (SSSR count). The molecule has 0 aliphatic carbocycles. The third-order valence-electron chi connectivity index (χ3n) is 6.91. The van der Waals surface area contributed by atoms with E-state index in [9.17, 15) is 4.79 Å². The van der Waals surface area contributed by atoms with Crippen LogP contribution in [0.25, 0.3) is 0 Å². The van der Waals surface area contributed by atoms with Gasteiger partial charge in [-0.1, -0.05) is 56.7 Å². The molecule has 0 bridgehead atoms. The van der Waals surface area contributed by atoms with Crippen molar-refractivity contribution >= 4 is 23.4 Å². The number of aromatic nitrogens is 2. The molecule has 2 aliphatic rings. The molecular weight excluding hydrogens is 506 g/mol. The number of nitrogens with zero attached hydrogens (tertiary/aromatic N) is 5. The van der Waals surface area contributed by atoms with Gasteiger partial charge in [0.05, 0.1) is 18.9 Å². The van der Waals surface area contributed by atoms with Crippen LogP contribution in [0.1, 0.15) is 38.3 Å². The Labute approximate surface area is 235 Å². The van der Waals surface area contributed by atoms with Gasteiger partial charge < -0.3 is 25.0 Å². The molecule has 0 saturated carbocycles. The molecule has 10 heteroatoms. The van der Waals surface area contributed by atoms with Crippen LogP contribution < -0.4 is 25.3 Å². The van der Waals surface area contributed by atoms with Crippen molar-refractivity contribution in [2.24, 2.45) is 10.5 Å². The average molecular weight is 544 g/mol. The minimum absolute atomic E-state index is 0.102. The predicted molar refractivity (Wildman–Crippen MR) is 156 cm³/mol. The van der Waals surface area contributed by atoms with Gasteiger partial charge in [0.15, 0.2) is 0 Å². The fraction of sp³-hybridized carbons (Fsp3) is 0.400. The van der Waals surface area contributed by atoms with Crippen molar-refractivity contribution in [1.29, 1.82) is 0 Å². The molecule has 2 aromatic carbocycles. The van der Waals surface area contributed by atoms with E-state index in [4.69, 9.17) is 14.6 Å². The number of morpholine rings is 1. The van der Waals surface area contributed by atoms with E-state index >= 15 is 0 Å². The van der Waals surface area contributed by atoms with Gasteiger partial charge in [-0.05, 0) is 25.1 Å². The van der Waals surface area contributed by atoms with Crippen LogP contribution in [0, 0.1) is 12.3 Å². The molecule has 1 atom stereocenters. The van der Waals surface area contributed by atoms with Gasteiger partial charge >= 0.3 is 6.03 Å². The average Bonchev–Trinajstić information content (AvgIpc) is 3.38. The molecule has 1 fully saturated rings. The molecule has 0 spiro atoms. The summed E-state index contributed by atoms with van der Waals surface area (Å²) in [6, 6.07) is 17.2. The number of hydrogen-bond donors (Lipinski definition) is 2. The highest BCUT2D eigenvalue weighted by Crippen LogP contribution is 2.30. The van der Waals surface area contributed by atoms with Crippen LogP contribution in [0.5, 0.6) is 11.6 Å². The summed E-state index contributed by atoms with van der Waals surface area (Å²) in [4.78, 5) is 24.1. The SMILES string of the molecule is Cc1ccc(N2N=C(C(C)(C)C)CC2NC(=O)NCc2ccccc2Oc2ccnc(N3CCOCC3)n2)cc1. The van der Waals surface area contributed by atoms with E-state index in [1.807, 2.05) is 41.4 Å². The number of hydrazone groups is 1. The maximum atomic E-state index is 13.1. The summed E-state index contributed by atoms with van der Waals surface area (Å²) in [6.07, 6.45) is 2.04. The minimum Gasteiger partial charge on any atom is -0.439 e. The van der Waals surface area contributed by atoms with Gasteiger partial charge in [0, 0.05) is 55.0 Å². The number of anilines is 2. The maximum Gasteiger partial charge on any atom is 0.316 e. The zero-order valence-corrected chi connectivity index (χ0v) is 23.6. The second-order valence-corrected chi connectivity index (χ2v) is 11.0. The summed E-state index contributed by atoms with van der Waals surface area (Å²) in [5, 5.41) is 12.9. The van der Waals surface area contributed by atoms with E-state index < -0.39 is 0 Å². The summed E-state index contributed by atoms with van der Waals surface area (Å²) >= 11 is 0. The first-order valence-electron chi connectivity index (χ1n) is 13.7. The third kappa shape index (κ3) is 6.69. The highest BCUT2D eigenvalue weighted by atomic mass is 16.5. The van der Waals surface area contributed by atoms with E-state index in [-0.39, 0.29) is 24.2 Å². The highest BCUT2D eigenvalue weighted by molar-refractivity contribution is 5.93. The van der Waals surface area contributed by atoms with Crippen molar-refractivity contribution in [2.45, 2.75) is 46.8 Å². The second-order valence-electron chi connectivity index (χ2n) is 11.0. The fourth-order valence-corrected chi connectivity index (χ4v) is 4.56. The van der Waals surface area contributed by atoms with E-state index in [0.29, 0.717) is 37.2 Å². The van der Waals surface area contributed by atoms with Gasteiger partial charge in [0.1, 0.15) is 11.9 Å². The first kappa shape index (κ1) is 27.4. The number of rotatable bonds is 7. The number of carbonyl (C=O) groups excluding carboxylic acids is 1. The normalized spacial score (nSPS) is 17.4. The number of amides is 2. The Morgan fingerprint density at radius 3 is 2.58 bits per heavy atom. The molecule has 1 aromatic heterocycles. The maximum absolute atomic E-state index is 13.1. The summed E-state index contributed by atoms with van der Waals surface area (Å²) < 4.78 is 11.6. The standard InChI is InChI=1S/C30H37N7O3/c1-21-9-11-23(12-10-21)37-26(19-25(35-37)30(2,3)4)33-29(38)32-20-22-7-5-6-8-24(22)40-27-13-14-31-28(34-27)36-15-17-39-18-16-36/h5-14,26H,15-20H2,1-4H3,(H2,32,33,38). The molecule has 1 unspecified atom stereocenters. The summed E-state index contributed by atoms with van der Waals surface area (Å²) in [7, 11) is 0. The number of carbonyl (C=O) groups is 1. The second kappa shape index (κ2) is 11.9.